The average molecular weight is 255 g/mol. The SMILES string of the molecule is CCCC(=O)NCC(=O)Nc1ccccc1Cl. The summed E-state index contributed by atoms with van der Waals surface area (Å²) in [6.07, 6.45) is 1.19. The van der Waals surface area contributed by atoms with Gasteiger partial charge in [-0.15, -0.1) is 0 Å². The Morgan fingerprint density at radius 3 is 2.59 bits per heavy atom. The van der Waals surface area contributed by atoms with E-state index in [2.05, 4.69) is 10.6 Å². The van der Waals surface area contributed by atoms with Gasteiger partial charge in [-0.05, 0) is 18.6 Å². The maximum Gasteiger partial charge on any atom is 0.243 e. The number of rotatable bonds is 5. The van der Waals surface area contributed by atoms with Crippen LogP contribution in [0.5, 0.6) is 0 Å². The van der Waals surface area contributed by atoms with Gasteiger partial charge in [0.15, 0.2) is 0 Å². The molecule has 0 heterocycles. The summed E-state index contributed by atoms with van der Waals surface area (Å²) >= 11 is 5.88. The molecule has 0 atom stereocenters. The van der Waals surface area contributed by atoms with Crippen LogP contribution in [-0.4, -0.2) is 18.4 Å². The van der Waals surface area contributed by atoms with Crippen LogP contribution in [0, 0.1) is 0 Å². The average Bonchev–Trinajstić information content (AvgIpc) is 2.30. The van der Waals surface area contributed by atoms with Crippen molar-refractivity contribution in [3.63, 3.8) is 0 Å². The molecule has 0 aromatic heterocycles. The van der Waals surface area contributed by atoms with Gasteiger partial charge in [-0.2, -0.15) is 0 Å². The van der Waals surface area contributed by atoms with Gasteiger partial charge >= 0.3 is 0 Å². The third kappa shape index (κ3) is 4.87. The van der Waals surface area contributed by atoms with Gasteiger partial charge in [0.2, 0.25) is 11.8 Å². The lowest BCUT2D eigenvalue weighted by molar-refractivity contribution is -0.124. The van der Waals surface area contributed by atoms with Crippen molar-refractivity contribution in [2.24, 2.45) is 0 Å². The summed E-state index contributed by atoms with van der Waals surface area (Å²) in [5, 5.41) is 5.62. The Labute approximate surface area is 105 Å². The number of amides is 2. The molecule has 1 aromatic rings. The predicted octanol–water partition coefficient (Wildman–Crippen LogP) is 2.19. The quantitative estimate of drug-likeness (QED) is 0.846. The van der Waals surface area contributed by atoms with Gasteiger partial charge < -0.3 is 10.6 Å². The maximum absolute atomic E-state index is 11.5. The van der Waals surface area contributed by atoms with Crippen LogP contribution in [0.3, 0.4) is 0 Å². The van der Waals surface area contributed by atoms with Crippen molar-refractivity contribution in [1.29, 1.82) is 0 Å². The molecule has 0 spiro atoms. The van der Waals surface area contributed by atoms with Gasteiger partial charge in [-0.1, -0.05) is 30.7 Å². The fourth-order valence-corrected chi connectivity index (χ4v) is 1.43. The molecule has 1 aromatic carbocycles. The third-order valence-electron chi connectivity index (χ3n) is 2.07. The van der Waals surface area contributed by atoms with E-state index >= 15 is 0 Å². The first-order chi connectivity index (χ1) is 8.13. The zero-order valence-corrected chi connectivity index (χ0v) is 10.4. The molecule has 0 saturated heterocycles. The summed E-state index contributed by atoms with van der Waals surface area (Å²) in [5.41, 5.74) is 0.545. The number of benzene rings is 1. The van der Waals surface area contributed by atoms with Gasteiger partial charge in [0.1, 0.15) is 0 Å². The van der Waals surface area contributed by atoms with Gasteiger partial charge in [0.25, 0.3) is 0 Å². The monoisotopic (exact) mass is 254 g/mol. The summed E-state index contributed by atoms with van der Waals surface area (Å²) in [4.78, 5) is 22.6. The summed E-state index contributed by atoms with van der Waals surface area (Å²) in [5.74, 6) is -0.413. The van der Waals surface area contributed by atoms with Crippen LogP contribution in [-0.2, 0) is 9.59 Å². The maximum atomic E-state index is 11.5. The molecule has 4 nitrogen and oxygen atoms in total. The van der Waals surface area contributed by atoms with Gasteiger partial charge in [-0.3, -0.25) is 9.59 Å². The minimum absolute atomic E-state index is 0.0376. The third-order valence-corrected chi connectivity index (χ3v) is 2.40. The molecule has 0 aliphatic carbocycles. The topological polar surface area (TPSA) is 58.2 Å². The second-order valence-corrected chi connectivity index (χ2v) is 3.96. The second-order valence-electron chi connectivity index (χ2n) is 3.55. The van der Waals surface area contributed by atoms with Crippen LogP contribution in [0.2, 0.25) is 5.02 Å². The Bertz CT molecular complexity index is 407. The molecule has 0 aliphatic heterocycles. The number of hydrogen-bond acceptors (Lipinski definition) is 2. The van der Waals surface area contributed by atoms with E-state index in [9.17, 15) is 9.59 Å². The predicted molar refractivity (Wildman–Crippen MR) is 68.0 cm³/mol. The Morgan fingerprint density at radius 1 is 1.24 bits per heavy atom. The number of para-hydroxylation sites is 1. The lowest BCUT2D eigenvalue weighted by atomic mass is 10.3. The molecule has 0 unspecified atom stereocenters. The highest BCUT2D eigenvalue weighted by Gasteiger charge is 2.06. The smallest absolute Gasteiger partial charge is 0.243 e. The van der Waals surface area contributed by atoms with Crippen LogP contribution in [0.4, 0.5) is 5.69 Å². The highest BCUT2D eigenvalue weighted by molar-refractivity contribution is 6.33. The van der Waals surface area contributed by atoms with E-state index in [-0.39, 0.29) is 18.4 Å². The van der Waals surface area contributed by atoms with Crippen LogP contribution >= 0.6 is 11.6 Å². The van der Waals surface area contributed by atoms with Crippen molar-refractivity contribution in [2.75, 3.05) is 11.9 Å². The standard InChI is InChI=1S/C12H15ClN2O2/c1-2-5-11(16)14-8-12(17)15-10-7-4-3-6-9(10)13/h3-4,6-7H,2,5,8H2,1H3,(H,14,16)(H,15,17). The Hall–Kier alpha value is -1.55. The minimum atomic E-state index is -0.289. The summed E-state index contributed by atoms with van der Waals surface area (Å²) < 4.78 is 0. The first-order valence-corrected chi connectivity index (χ1v) is 5.82. The molecule has 0 fully saturated rings. The molecule has 2 N–H and O–H groups in total. The van der Waals surface area contributed by atoms with Gasteiger partial charge in [-0.25, -0.2) is 0 Å². The van der Waals surface area contributed by atoms with E-state index in [1.165, 1.54) is 0 Å². The van der Waals surface area contributed by atoms with Crippen molar-refractivity contribution >= 4 is 29.1 Å². The number of carbonyl (C=O) groups is 2. The van der Waals surface area contributed by atoms with E-state index in [4.69, 9.17) is 11.6 Å². The van der Waals surface area contributed by atoms with Crippen molar-refractivity contribution in [2.45, 2.75) is 19.8 Å². The molecular formula is C12H15ClN2O2. The largest absolute Gasteiger partial charge is 0.347 e. The zero-order chi connectivity index (χ0) is 12.7. The Morgan fingerprint density at radius 2 is 1.94 bits per heavy atom. The van der Waals surface area contributed by atoms with E-state index in [0.29, 0.717) is 17.1 Å². The number of hydrogen-bond donors (Lipinski definition) is 2. The summed E-state index contributed by atoms with van der Waals surface area (Å²) in [6, 6.07) is 6.94. The van der Waals surface area contributed by atoms with Crippen molar-refractivity contribution in [1.82, 2.24) is 5.32 Å². The first kappa shape index (κ1) is 13.5. The van der Waals surface area contributed by atoms with Crippen molar-refractivity contribution < 1.29 is 9.59 Å². The van der Waals surface area contributed by atoms with Crippen LogP contribution < -0.4 is 10.6 Å². The molecule has 1 rings (SSSR count). The van der Waals surface area contributed by atoms with Crippen molar-refractivity contribution in [3.8, 4) is 0 Å². The number of carbonyl (C=O) groups excluding carboxylic acids is 2. The van der Waals surface area contributed by atoms with Crippen LogP contribution in [0.1, 0.15) is 19.8 Å². The molecule has 0 aliphatic rings. The number of halogens is 1. The Kier molecular flexibility index (Phi) is 5.49. The molecular weight excluding hydrogens is 240 g/mol. The summed E-state index contributed by atoms with van der Waals surface area (Å²) in [6.45, 7) is 1.87. The lowest BCUT2D eigenvalue weighted by Crippen LogP contribution is -2.32. The molecule has 2 amide bonds. The molecule has 0 saturated carbocycles. The normalized spacial score (nSPS) is 9.76. The molecule has 0 radical (unpaired) electrons. The molecule has 17 heavy (non-hydrogen) atoms. The van der Waals surface area contributed by atoms with Gasteiger partial charge in [0.05, 0.1) is 17.3 Å². The number of anilines is 1. The van der Waals surface area contributed by atoms with Gasteiger partial charge in [0, 0.05) is 6.42 Å². The fourth-order valence-electron chi connectivity index (χ4n) is 1.25. The first-order valence-electron chi connectivity index (χ1n) is 5.44. The molecule has 5 heteroatoms. The Balaban J connectivity index is 2.40. The van der Waals surface area contributed by atoms with E-state index < -0.39 is 0 Å². The van der Waals surface area contributed by atoms with Crippen LogP contribution in [0.25, 0.3) is 0 Å². The number of nitrogens with one attached hydrogen (secondary N) is 2. The van der Waals surface area contributed by atoms with E-state index in [1.54, 1.807) is 24.3 Å². The van der Waals surface area contributed by atoms with Crippen LogP contribution in [0.15, 0.2) is 24.3 Å². The minimum Gasteiger partial charge on any atom is -0.347 e. The summed E-state index contributed by atoms with van der Waals surface area (Å²) in [7, 11) is 0. The lowest BCUT2D eigenvalue weighted by Gasteiger charge is -2.07. The molecule has 92 valence electrons. The molecule has 0 bridgehead atoms. The van der Waals surface area contributed by atoms with E-state index in [0.717, 1.165) is 6.42 Å². The highest BCUT2D eigenvalue weighted by Crippen LogP contribution is 2.19. The zero-order valence-electron chi connectivity index (χ0n) is 9.63. The highest BCUT2D eigenvalue weighted by atomic mass is 35.5. The second kappa shape index (κ2) is 6.91. The van der Waals surface area contributed by atoms with Crippen molar-refractivity contribution in [3.05, 3.63) is 29.3 Å². The van der Waals surface area contributed by atoms with E-state index in [1.807, 2.05) is 6.92 Å². The fraction of sp³-hybridized carbons (Fsp3) is 0.333.